The van der Waals surface area contributed by atoms with Gasteiger partial charge in [-0.05, 0) is 27.7 Å². The molecule has 6 heteroatoms. The fourth-order valence-corrected chi connectivity index (χ4v) is 1.54. The maximum atomic E-state index is 5.02. The summed E-state index contributed by atoms with van der Waals surface area (Å²) in [7, 11) is 0. The van der Waals surface area contributed by atoms with Crippen LogP contribution in [0.25, 0.3) is 0 Å². The van der Waals surface area contributed by atoms with Crippen molar-refractivity contribution in [1.82, 2.24) is 25.2 Å². The quantitative estimate of drug-likeness (QED) is 0.891. The van der Waals surface area contributed by atoms with Gasteiger partial charge in [-0.1, -0.05) is 5.16 Å². The van der Waals surface area contributed by atoms with Crippen molar-refractivity contribution >= 4 is 0 Å². The molecule has 2 aromatic heterocycles. The molecule has 0 aromatic carbocycles. The number of rotatable bonds is 4. The van der Waals surface area contributed by atoms with Gasteiger partial charge in [-0.15, -0.1) is 0 Å². The lowest BCUT2D eigenvalue weighted by Crippen LogP contribution is -2.22. The minimum absolute atomic E-state index is 0.0157. The summed E-state index contributed by atoms with van der Waals surface area (Å²) in [6.45, 7) is 9.48. The molecule has 98 valence electrons. The van der Waals surface area contributed by atoms with Crippen molar-refractivity contribution in [1.29, 1.82) is 0 Å². The van der Waals surface area contributed by atoms with E-state index in [2.05, 4.69) is 41.3 Å². The fourth-order valence-electron chi connectivity index (χ4n) is 1.54. The molecule has 1 N–H and O–H groups in total. The van der Waals surface area contributed by atoms with Crippen molar-refractivity contribution in [2.24, 2.45) is 0 Å². The van der Waals surface area contributed by atoms with Crippen LogP contribution in [0, 0.1) is 6.92 Å². The number of hydrogen-bond donors (Lipinski definition) is 1. The van der Waals surface area contributed by atoms with E-state index in [1.807, 2.05) is 17.1 Å². The maximum Gasteiger partial charge on any atom is 0.240 e. The highest BCUT2D eigenvalue weighted by Crippen LogP contribution is 2.13. The van der Waals surface area contributed by atoms with E-state index in [4.69, 9.17) is 4.52 Å². The average molecular weight is 249 g/mol. The lowest BCUT2D eigenvalue weighted by atomic mass is 10.1. The molecule has 2 heterocycles. The molecule has 0 amide bonds. The molecule has 0 bridgehead atoms. The zero-order chi connectivity index (χ0) is 13.2. The number of nitrogens with zero attached hydrogens (tertiary/aromatic N) is 4. The summed E-state index contributed by atoms with van der Waals surface area (Å²) in [5.74, 6) is 1.27. The standard InChI is InChI=1S/C12H19N5O/c1-9-15-11(18-16-9)7-13-5-10-6-14-17(8-10)12(2,3)4/h6,8,13H,5,7H2,1-4H3. The molecule has 0 unspecified atom stereocenters. The zero-order valence-electron chi connectivity index (χ0n) is 11.3. The molecule has 0 spiro atoms. The van der Waals surface area contributed by atoms with Gasteiger partial charge in [0.05, 0.1) is 18.3 Å². The minimum atomic E-state index is 0.0157. The molecular formula is C12H19N5O. The summed E-state index contributed by atoms with van der Waals surface area (Å²) in [4.78, 5) is 4.13. The lowest BCUT2D eigenvalue weighted by Gasteiger charge is -2.18. The highest BCUT2D eigenvalue weighted by molar-refractivity contribution is 5.04. The Morgan fingerprint density at radius 3 is 2.67 bits per heavy atom. The third kappa shape index (κ3) is 3.16. The summed E-state index contributed by atoms with van der Waals surface area (Å²) in [6, 6.07) is 0. The first-order valence-electron chi connectivity index (χ1n) is 5.99. The van der Waals surface area contributed by atoms with Gasteiger partial charge in [0.25, 0.3) is 0 Å². The van der Waals surface area contributed by atoms with Crippen LogP contribution in [0.1, 0.15) is 38.0 Å². The highest BCUT2D eigenvalue weighted by atomic mass is 16.5. The van der Waals surface area contributed by atoms with Crippen molar-refractivity contribution in [2.45, 2.75) is 46.3 Å². The second kappa shape index (κ2) is 4.89. The number of nitrogens with one attached hydrogen (secondary N) is 1. The Kier molecular flexibility index (Phi) is 3.47. The van der Waals surface area contributed by atoms with Gasteiger partial charge in [0.1, 0.15) is 0 Å². The topological polar surface area (TPSA) is 68.8 Å². The Morgan fingerprint density at radius 2 is 2.11 bits per heavy atom. The van der Waals surface area contributed by atoms with Crippen LogP contribution >= 0.6 is 0 Å². The molecule has 0 radical (unpaired) electrons. The predicted octanol–water partition coefficient (Wildman–Crippen LogP) is 1.62. The van der Waals surface area contributed by atoms with Gasteiger partial charge in [0.15, 0.2) is 5.82 Å². The maximum absolute atomic E-state index is 5.02. The molecule has 0 fully saturated rings. The summed E-state index contributed by atoms with van der Waals surface area (Å²) in [5.41, 5.74) is 1.16. The highest BCUT2D eigenvalue weighted by Gasteiger charge is 2.13. The van der Waals surface area contributed by atoms with Crippen LogP contribution in [0.15, 0.2) is 16.9 Å². The van der Waals surface area contributed by atoms with Crippen LogP contribution < -0.4 is 5.32 Å². The van der Waals surface area contributed by atoms with Gasteiger partial charge in [-0.2, -0.15) is 10.1 Å². The molecule has 0 aliphatic carbocycles. The summed E-state index contributed by atoms with van der Waals surface area (Å²) < 4.78 is 6.98. The van der Waals surface area contributed by atoms with E-state index in [0.29, 0.717) is 18.3 Å². The van der Waals surface area contributed by atoms with Crippen molar-refractivity contribution < 1.29 is 4.52 Å². The largest absolute Gasteiger partial charge is 0.338 e. The van der Waals surface area contributed by atoms with Crippen molar-refractivity contribution in [3.63, 3.8) is 0 Å². The van der Waals surface area contributed by atoms with E-state index >= 15 is 0 Å². The van der Waals surface area contributed by atoms with E-state index in [0.717, 1.165) is 12.1 Å². The van der Waals surface area contributed by atoms with Crippen LogP contribution in [0.4, 0.5) is 0 Å². The Balaban J connectivity index is 1.85. The first kappa shape index (κ1) is 12.8. The molecule has 2 rings (SSSR count). The number of aryl methyl sites for hydroxylation is 1. The average Bonchev–Trinajstić information content (AvgIpc) is 2.87. The van der Waals surface area contributed by atoms with Gasteiger partial charge >= 0.3 is 0 Å². The SMILES string of the molecule is Cc1noc(CNCc2cnn(C(C)(C)C)c2)n1. The van der Waals surface area contributed by atoms with Crippen LogP contribution in [-0.2, 0) is 18.6 Å². The summed E-state index contributed by atoms with van der Waals surface area (Å²) >= 11 is 0. The molecule has 2 aromatic rings. The zero-order valence-corrected chi connectivity index (χ0v) is 11.3. The van der Waals surface area contributed by atoms with E-state index in [1.165, 1.54) is 0 Å². The second-order valence-corrected chi connectivity index (χ2v) is 5.30. The van der Waals surface area contributed by atoms with Crippen molar-refractivity contribution in [2.75, 3.05) is 0 Å². The van der Waals surface area contributed by atoms with E-state index in [9.17, 15) is 0 Å². The Hall–Kier alpha value is -1.69. The number of aromatic nitrogens is 4. The Morgan fingerprint density at radius 1 is 1.33 bits per heavy atom. The lowest BCUT2D eigenvalue weighted by molar-refractivity contribution is 0.354. The van der Waals surface area contributed by atoms with Crippen molar-refractivity contribution in [3.8, 4) is 0 Å². The third-order valence-electron chi connectivity index (χ3n) is 2.50. The molecule has 0 saturated heterocycles. The first-order valence-corrected chi connectivity index (χ1v) is 5.99. The molecular weight excluding hydrogens is 230 g/mol. The molecule has 6 nitrogen and oxygen atoms in total. The van der Waals surface area contributed by atoms with E-state index in [1.54, 1.807) is 6.92 Å². The van der Waals surface area contributed by atoms with Gasteiger partial charge in [-0.3, -0.25) is 4.68 Å². The Labute approximate surface area is 106 Å². The monoisotopic (exact) mass is 249 g/mol. The normalized spacial score (nSPS) is 12.0. The second-order valence-electron chi connectivity index (χ2n) is 5.30. The minimum Gasteiger partial charge on any atom is -0.338 e. The summed E-state index contributed by atoms with van der Waals surface area (Å²) in [5, 5.41) is 11.3. The third-order valence-corrected chi connectivity index (χ3v) is 2.50. The Bertz CT molecular complexity index is 509. The molecule has 0 saturated carbocycles. The smallest absolute Gasteiger partial charge is 0.240 e. The first-order chi connectivity index (χ1) is 8.45. The van der Waals surface area contributed by atoms with Crippen molar-refractivity contribution in [3.05, 3.63) is 29.7 Å². The van der Waals surface area contributed by atoms with Crippen LogP contribution in [0.2, 0.25) is 0 Å². The van der Waals surface area contributed by atoms with Gasteiger partial charge in [0, 0.05) is 18.3 Å². The van der Waals surface area contributed by atoms with Gasteiger partial charge in [0.2, 0.25) is 5.89 Å². The van der Waals surface area contributed by atoms with Crippen LogP contribution in [0.3, 0.4) is 0 Å². The van der Waals surface area contributed by atoms with Gasteiger partial charge in [-0.25, -0.2) is 0 Å². The molecule has 0 aliphatic rings. The van der Waals surface area contributed by atoms with Gasteiger partial charge < -0.3 is 9.84 Å². The summed E-state index contributed by atoms with van der Waals surface area (Å²) in [6.07, 6.45) is 3.92. The fraction of sp³-hybridized carbons (Fsp3) is 0.583. The predicted molar refractivity (Wildman–Crippen MR) is 66.8 cm³/mol. The molecule has 0 aliphatic heterocycles. The van der Waals surface area contributed by atoms with Crippen LogP contribution in [0.5, 0.6) is 0 Å². The van der Waals surface area contributed by atoms with E-state index < -0.39 is 0 Å². The molecule has 0 atom stereocenters. The number of hydrogen-bond acceptors (Lipinski definition) is 5. The van der Waals surface area contributed by atoms with E-state index in [-0.39, 0.29) is 5.54 Å². The molecule has 18 heavy (non-hydrogen) atoms. The van der Waals surface area contributed by atoms with Crippen LogP contribution in [-0.4, -0.2) is 19.9 Å².